The molecule has 0 saturated heterocycles. The van der Waals surface area contributed by atoms with Crippen molar-refractivity contribution in [2.75, 3.05) is 79.9 Å². The number of unbranched alkanes of at least 4 members (excludes halogenated alkanes) is 2. The zero-order chi connectivity index (χ0) is 26.4. The molecule has 0 aliphatic rings. The van der Waals surface area contributed by atoms with Gasteiger partial charge in [0.05, 0.1) is 0 Å². The van der Waals surface area contributed by atoms with Gasteiger partial charge in [0.2, 0.25) is 0 Å². The summed E-state index contributed by atoms with van der Waals surface area (Å²) in [5.74, 6) is 0. The molecule has 0 aromatic carbocycles. The Bertz CT molecular complexity index is 405. The maximum Gasteiger partial charge on any atom is 0.500 e. The van der Waals surface area contributed by atoms with Gasteiger partial charge in [-0.25, -0.2) is 0 Å². The molecule has 212 valence electrons. The maximum atomic E-state index is 5.96. The average Bonchev–Trinajstić information content (AvgIpc) is 2.81. The van der Waals surface area contributed by atoms with E-state index in [2.05, 4.69) is 23.9 Å². The summed E-state index contributed by atoms with van der Waals surface area (Å²) in [6.45, 7) is 20.4. The Morgan fingerprint density at radius 2 is 0.657 bits per heavy atom. The van der Waals surface area contributed by atoms with Crippen LogP contribution in [0.5, 0.6) is 0 Å². The summed E-state index contributed by atoms with van der Waals surface area (Å²) >= 11 is 0. The first kappa shape index (κ1) is 35.1. The van der Waals surface area contributed by atoms with Crippen molar-refractivity contribution in [3.63, 3.8) is 0 Å². The van der Waals surface area contributed by atoms with Crippen molar-refractivity contribution in [1.29, 1.82) is 0 Å². The van der Waals surface area contributed by atoms with E-state index in [4.69, 9.17) is 26.6 Å². The summed E-state index contributed by atoms with van der Waals surface area (Å²) in [5.41, 5.74) is 0. The van der Waals surface area contributed by atoms with Crippen molar-refractivity contribution >= 4 is 17.6 Å². The van der Waals surface area contributed by atoms with Gasteiger partial charge in [-0.05, 0) is 114 Å². The molecule has 10 heteroatoms. The Labute approximate surface area is 219 Å². The SMILES string of the molecule is CCO[Si](CCCCN(C)CCCN(C)CCCC[Si](OCC)(OCC)OCC)(OCC)OCC. The van der Waals surface area contributed by atoms with Crippen molar-refractivity contribution in [3.05, 3.63) is 0 Å². The normalized spacial score (nSPS) is 12.9. The van der Waals surface area contributed by atoms with Crippen LogP contribution in [0.4, 0.5) is 0 Å². The molecule has 0 bridgehead atoms. The number of hydrogen-bond donors (Lipinski definition) is 0. The molecule has 0 amide bonds. The quantitative estimate of drug-likeness (QED) is 0.114. The highest BCUT2D eigenvalue weighted by molar-refractivity contribution is 6.61. The highest BCUT2D eigenvalue weighted by Gasteiger charge is 2.40. The lowest BCUT2D eigenvalue weighted by molar-refractivity contribution is 0.0697. The van der Waals surface area contributed by atoms with Crippen molar-refractivity contribution in [1.82, 2.24) is 9.80 Å². The van der Waals surface area contributed by atoms with E-state index in [1.165, 1.54) is 6.42 Å². The van der Waals surface area contributed by atoms with E-state index in [0.29, 0.717) is 39.6 Å². The van der Waals surface area contributed by atoms with Gasteiger partial charge in [0.25, 0.3) is 0 Å². The van der Waals surface area contributed by atoms with Crippen LogP contribution in [-0.4, -0.2) is 107 Å². The van der Waals surface area contributed by atoms with Gasteiger partial charge in [-0.15, -0.1) is 0 Å². The van der Waals surface area contributed by atoms with Crippen LogP contribution in [0.25, 0.3) is 0 Å². The Hall–Kier alpha value is 0.114. The third kappa shape index (κ3) is 16.5. The van der Waals surface area contributed by atoms with E-state index >= 15 is 0 Å². The fourth-order valence-electron chi connectivity index (χ4n) is 4.28. The van der Waals surface area contributed by atoms with Crippen LogP contribution in [0.3, 0.4) is 0 Å². The standard InChI is InChI=1S/C25H58N2O6Si2/c1-9-28-34(29-10-2,30-11-3)24-17-15-20-26(7)22-19-23-27(8)21-16-18-25-35(31-12-4,32-13-5)33-14-6/h9-25H2,1-8H3. The Balaban J connectivity index is 4.12. The van der Waals surface area contributed by atoms with Crippen molar-refractivity contribution in [3.8, 4) is 0 Å². The third-order valence-corrected chi connectivity index (χ3v) is 12.1. The Morgan fingerprint density at radius 1 is 0.400 bits per heavy atom. The summed E-state index contributed by atoms with van der Waals surface area (Å²) in [4.78, 5) is 4.87. The molecule has 0 atom stereocenters. The number of nitrogens with zero attached hydrogens (tertiary/aromatic N) is 2. The molecule has 0 rings (SSSR count). The fraction of sp³-hybridized carbons (Fsp3) is 1.00. The zero-order valence-electron chi connectivity index (χ0n) is 24.4. The van der Waals surface area contributed by atoms with Crippen molar-refractivity contribution in [2.45, 2.75) is 85.7 Å². The molecule has 0 aliphatic carbocycles. The highest BCUT2D eigenvalue weighted by Crippen LogP contribution is 2.20. The summed E-state index contributed by atoms with van der Waals surface area (Å²) < 4.78 is 35.8. The second-order valence-corrected chi connectivity index (χ2v) is 14.3. The van der Waals surface area contributed by atoms with Crippen LogP contribution in [0, 0.1) is 0 Å². The molecular formula is C25H58N2O6Si2. The van der Waals surface area contributed by atoms with Gasteiger partial charge >= 0.3 is 17.6 Å². The summed E-state index contributed by atoms with van der Waals surface area (Å²) in [6.07, 6.45) is 5.61. The molecule has 0 radical (unpaired) electrons. The summed E-state index contributed by atoms with van der Waals surface area (Å²) in [5, 5.41) is 0. The minimum atomic E-state index is -2.50. The molecule has 8 nitrogen and oxygen atoms in total. The molecule has 35 heavy (non-hydrogen) atoms. The second kappa shape index (κ2) is 22.1. The van der Waals surface area contributed by atoms with E-state index in [0.717, 1.165) is 64.0 Å². The molecule has 0 unspecified atom stereocenters. The largest absolute Gasteiger partial charge is 0.500 e. The lowest BCUT2D eigenvalue weighted by atomic mass is 10.3. The molecule has 0 spiro atoms. The smallest absolute Gasteiger partial charge is 0.374 e. The first-order valence-corrected chi connectivity index (χ1v) is 17.9. The van der Waals surface area contributed by atoms with E-state index in [1.54, 1.807) is 0 Å². The van der Waals surface area contributed by atoms with Gasteiger partial charge < -0.3 is 36.4 Å². The zero-order valence-corrected chi connectivity index (χ0v) is 26.4. The molecule has 0 fully saturated rings. The van der Waals surface area contributed by atoms with Gasteiger partial charge in [-0.1, -0.05) is 0 Å². The molecule has 0 aromatic rings. The molecule has 0 N–H and O–H groups in total. The minimum absolute atomic E-state index is 0.647. The molecule has 0 saturated carbocycles. The van der Waals surface area contributed by atoms with Gasteiger partial charge in [-0.2, -0.15) is 0 Å². The van der Waals surface area contributed by atoms with Gasteiger partial charge in [0.1, 0.15) is 0 Å². The number of hydrogen-bond acceptors (Lipinski definition) is 8. The van der Waals surface area contributed by atoms with Crippen LogP contribution >= 0.6 is 0 Å². The van der Waals surface area contributed by atoms with E-state index < -0.39 is 17.6 Å². The van der Waals surface area contributed by atoms with Crippen molar-refractivity contribution in [2.24, 2.45) is 0 Å². The van der Waals surface area contributed by atoms with Gasteiger partial charge in [0.15, 0.2) is 0 Å². The summed E-state index contributed by atoms with van der Waals surface area (Å²) in [7, 11) is -0.553. The second-order valence-electron chi connectivity index (χ2n) is 8.84. The van der Waals surface area contributed by atoms with E-state index in [9.17, 15) is 0 Å². The summed E-state index contributed by atoms with van der Waals surface area (Å²) in [6, 6.07) is 1.80. The highest BCUT2D eigenvalue weighted by atomic mass is 28.4. The lowest BCUT2D eigenvalue weighted by Crippen LogP contribution is -2.46. The Kier molecular flexibility index (Phi) is 22.2. The van der Waals surface area contributed by atoms with E-state index in [1.807, 2.05) is 41.5 Å². The topological polar surface area (TPSA) is 61.9 Å². The molecule has 0 aromatic heterocycles. The van der Waals surface area contributed by atoms with Gasteiger partial charge in [0, 0.05) is 51.7 Å². The minimum Gasteiger partial charge on any atom is -0.374 e. The lowest BCUT2D eigenvalue weighted by Gasteiger charge is -2.29. The average molecular weight is 539 g/mol. The molecular weight excluding hydrogens is 480 g/mol. The van der Waals surface area contributed by atoms with Crippen LogP contribution in [0.15, 0.2) is 0 Å². The van der Waals surface area contributed by atoms with Crippen molar-refractivity contribution < 1.29 is 26.6 Å². The van der Waals surface area contributed by atoms with E-state index in [-0.39, 0.29) is 0 Å². The molecule has 0 heterocycles. The number of rotatable bonds is 26. The maximum absolute atomic E-state index is 5.96. The van der Waals surface area contributed by atoms with Crippen LogP contribution in [0.2, 0.25) is 12.1 Å². The van der Waals surface area contributed by atoms with Crippen LogP contribution < -0.4 is 0 Å². The first-order valence-electron chi connectivity index (χ1n) is 14.1. The fourth-order valence-corrected chi connectivity index (χ4v) is 9.65. The monoisotopic (exact) mass is 538 g/mol. The van der Waals surface area contributed by atoms with Crippen LogP contribution in [0.1, 0.15) is 73.6 Å². The predicted octanol–water partition coefficient (Wildman–Crippen LogP) is 4.90. The third-order valence-electron chi connectivity index (χ3n) is 5.81. The molecule has 0 aliphatic heterocycles. The van der Waals surface area contributed by atoms with Crippen LogP contribution in [-0.2, 0) is 26.6 Å². The predicted molar refractivity (Wildman–Crippen MR) is 149 cm³/mol. The van der Waals surface area contributed by atoms with Gasteiger partial charge in [-0.3, -0.25) is 0 Å². The first-order chi connectivity index (χ1) is 16.9. The Morgan fingerprint density at radius 3 is 0.914 bits per heavy atom.